The number of fused-ring (bicyclic) bond motifs is 1. The second-order valence-electron chi connectivity index (χ2n) is 11.7. The van der Waals surface area contributed by atoms with Gasteiger partial charge >= 0.3 is 6.09 Å². The molecule has 0 aliphatic carbocycles. The number of likely N-dealkylation sites (tertiary alicyclic amines) is 1. The van der Waals surface area contributed by atoms with E-state index in [1.54, 1.807) is 7.05 Å². The molecule has 0 atom stereocenters. The molecule has 1 saturated heterocycles. The summed E-state index contributed by atoms with van der Waals surface area (Å²) in [5, 5.41) is 13.5. The van der Waals surface area contributed by atoms with Crippen LogP contribution in [0.25, 0.3) is 21.9 Å². The molecule has 3 heterocycles. The zero-order chi connectivity index (χ0) is 29.6. The van der Waals surface area contributed by atoms with E-state index in [9.17, 15) is 14.7 Å². The van der Waals surface area contributed by atoms with E-state index in [-0.39, 0.29) is 25.2 Å². The third kappa shape index (κ3) is 6.68. The highest BCUT2D eigenvalue weighted by Crippen LogP contribution is 2.33. The zero-order valence-corrected chi connectivity index (χ0v) is 24.7. The van der Waals surface area contributed by atoms with E-state index in [1.807, 2.05) is 72.5 Å². The summed E-state index contributed by atoms with van der Waals surface area (Å²) in [6.07, 6.45) is 9.26. The molecular weight excluding hydrogens is 530 g/mol. The molecule has 2 aromatic carbocycles. The molecule has 0 bridgehead atoms. The molecule has 4 aromatic rings. The zero-order valence-electron chi connectivity index (χ0n) is 24.7. The quantitative estimate of drug-likeness (QED) is 0.280. The smallest absolute Gasteiger partial charge is 0.409 e. The summed E-state index contributed by atoms with van der Waals surface area (Å²) < 4.78 is 9.63. The fourth-order valence-corrected chi connectivity index (χ4v) is 5.63. The number of aromatic nitrogens is 3. The van der Waals surface area contributed by atoms with Crippen molar-refractivity contribution in [3.8, 4) is 11.1 Å². The molecule has 1 aliphatic heterocycles. The first-order valence-electron chi connectivity index (χ1n) is 14.8. The van der Waals surface area contributed by atoms with Crippen molar-refractivity contribution in [3.63, 3.8) is 0 Å². The summed E-state index contributed by atoms with van der Waals surface area (Å²) in [5.41, 5.74) is 3.44. The molecule has 5 rings (SSSR count). The van der Waals surface area contributed by atoms with E-state index < -0.39 is 0 Å². The van der Waals surface area contributed by atoms with Gasteiger partial charge in [0.25, 0.3) is 5.91 Å². The van der Waals surface area contributed by atoms with Gasteiger partial charge in [-0.1, -0.05) is 56.3 Å². The van der Waals surface area contributed by atoms with Gasteiger partial charge in [0.2, 0.25) is 0 Å². The Balaban J connectivity index is 1.34. The fourth-order valence-electron chi connectivity index (χ4n) is 5.63. The van der Waals surface area contributed by atoms with Crippen molar-refractivity contribution < 1.29 is 19.4 Å². The molecule has 0 unspecified atom stereocenters. The maximum atomic E-state index is 13.5. The van der Waals surface area contributed by atoms with Gasteiger partial charge < -0.3 is 28.8 Å². The second kappa shape index (κ2) is 13.2. The lowest BCUT2D eigenvalue weighted by molar-refractivity contribution is -0.367. The van der Waals surface area contributed by atoms with Crippen LogP contribution in [0.4, 0.5) is 4.79 Å². The third-order valence-corrected chi connectivity index (χ3v) is 7.97. The van der Waals surface area contributed by atoms with Gasteiger partial charge in [0.15, 0.2) is 0 Å². The van der Waals surface area contributed by atoms with Crippen molar-refractivity contribution in [3.05, 3.63) is 78.6 Å². The Morgan fingerprint density at radius 3 is 2.60 bits per heavy atom. The van der Waals surface area contributed by atoms with E-state index in [2.05, 4.69) is 27.8 Å². The van der Waals surface area contributed by atoms with E-state index in [0.29, 0.717) is 43.6 Å². The summed E-state index contributed by atoms with van der Waals surface area (Å²) in [6.45, 7) is 7.08. The molecule has 2 aromatic heterocycles. The monoisotopic (exact) mass is 570 g/mol. The van der Waals surface area contributed by atoms with Gasteiger partial charge in [0.1, 0.15) is 0 Å². The Morgan fingerprint density at radius 1 is 1.07 bits per heavy atom. The molecule has 0 radical (unpaired) electrons. The molecule has 42 heavy (non-hydrogen) atoms. The summed E-state index contributed by atoms with van der Waals surface area (Å²) >= 11 is 0. The van der Waals surface area contributed by atoms with Gasteiger partial charge in [0.05, 0.1) is 30.7 Å². The summed E-state index contributed by atoms with van der Waals surface area (Å²) in [5.74, 6) is 0.586. The lowest BCUT2D eigenvalue weighted by atomic mass is 9.97. The van der Waals surface area contributed by atoms with Crippen LogP contribution in [0, 0.1) is 11.8 Å². The Bertz CT molecular complexity index is 1510. The van der Waals surface area contributed by atoms with Crippen LogP contribution in [-0.4, -0.2) is 75.8 Å². The van der Waals surface area contributed by atoms with Crippen molar-refractivity contribution in [1.29, 1.82) is 0 Å². The van der Waals surface area contributed by atoms with Crippen molar-refractivity contribution in [2.24, 2.45) is 11.8 Å². The number of ether oxygens (including phenoxy) is 1. The largest absolute Gasteiger partial charge is 0.853 e. The van der Waals surface area contributed by atoms with Crippen molar-refractivity contribution >= 4 is 22.8 Å². The third-order valence-electron chi connectivity index (χ3n) is 7.97. The lowest BCUT2D eigenvalue weighted by Crippen LogP contribution is -2.40. The van der Waals surface area contributed by atoms with Crippen LogP contribution in [0.2, 0.25) is 0 Å². The van der Waals surface area contributed by atoms with E-state index >= 15 is 0 Å². The molecule has 0 N–H and O–H groups in total. The van der Waals surface area contributed by atoms with Crippen LogP contribution < -0.4 is 5.11 Å². The second-order valence-corrected chi connectivity index (χ2v) is 11.7. The van der Waals surface area contributed by atoms with Gasteiger partial charge in [0, 0.05) is 57.4 Å². The Hall–Kier alpha value is -4.11. The maximum Gasteiger partial charge on any atom is 0.409 e. The highest BCUT2D eigenvalue weighted by atomic mass is 16.6. The number of benzene rings is 2. The first kappa shape index (κ1) is 29.4. The molecule has 0 saturated carbocycles. The van der Waals surface area contributed by atoms with E-state index in [1.165, 1.54) is 4.90 Å². The minimum atomic E-state index is -0.343. The summed E-state index contributed by atoms with van der Waals surface area (Å²) in [6, 6.07) is 14.3. The van der Waals surface area contributed by atoms with Gasteiger partial charge in [-0.25, -0.2) is 9.78 Å². The predicted molar refractivity (Wildman–Crippen MR) is 161 cm³/mol. The number of hydrogen-bond acceptors (Lipinski definition) is 5. The summed E-state index contributed by atoms with van der Waals surface area (Å²) in [4.78, 5) is 33.6. The average Bonchev–Trinajstić information content (AvgIpc) is 3.62. The van der Waals surface area contributed by atoms with Crippen molar-refractivity contribution in [2.45, 2.75) is 39.8 Å². The molecule has 2 amide bonds. The van der Waals surface area contributed by atoms with Gasteiger partial charge in [-0.3, -0.25) is 4.79 Å². The van der Waals surface area contributed by atoms with E-state index in [4.69, 9.17) is 4.74 Å². The number of amides is 2. The standard InChI is InChI=1S/C33H40N5O4/c1-24(2)22-42-33(41)37-13-11-25(12-14-37)18-38-23-34-17-27(38)19-36-20-30(31(21-36)32(40)35(3)15-16-39)29-10-6-8-26-7-4-5-9-28(26)29/h4-10,17,20-21,23-25H,11-16,18-19,22H2,1-3H3/q-1. The van der Waals surface area contributed by atoms with Gasteiger partial charge in [-0.2, -0.15) is 0 Å². The highest BCUT2D eigenvalue weighted by molar-refractivity contribution is 6.05. The topological polar surface area (TPSA) is 95.7 Å². The predicted octanol–water partition coefficient (Wildman–Crippen LogP) is 4.49. The number of hydrogen-bond donors (Lipinski definition) is 0. The molecule has 222 valence electrons. The van der Waals surface area contributed by atoms with Crippen LogP contribution in [-0.2, 0) is 17.8 Å². The highest BCUT2D eigenvalue weighted by Gasteiger charge is 2.25. The van der Waals surface area contributed by atoms with Gasteiger partial charge in [-0.05, 0) is 41.0 Å². The number of nitrogens with zero attached hydrogens (tertiary/aromatic N) is 5. The SMILES string of the molecule is CC(C)COC(=O)N1CCC(Cn2cncc2Cn2cc(C(=O)N(C)CC[O-])c(-c3cccc4ccccc34)c2)CC1. The van der Waals surface area contributed by atoms with Crippen LogP contribution in [0.1, 0.15) is 42.7 Å². The molecule has 9 heteroatoms. The molecule has 1 aliphatic rings. The summed E-state index contributed by atoms with van der Waals surface area (Å²) in [7, 11) is 1.68. The Morgan fingerprint density at radius 2 is 1.83 bits per heavy atom. The van der Waals surface area contributed by atoms with Crippen LogP contribution >= 0.6 is 0 Å². The first-order chi connectivity index (χ1) is 20.3. The number of likely N-dealkylation sites (N-methyl/N-ethyl adjacent to an activating group) is 1. The Labute approximate surface area is 247 Å². The van der Waals surface area contributed by atoms with Gasteiger partial charge in [-0.15, -0.1) is 6.61 Å². The molecule has 9 nitrogen and oxygen atoms in total. The normalized spacial score (nSPS) is 14.1. The number of carbonyl (C=O) groups excluding carboxylic acids is 2. The van der Waals surface area contributed by atoms with Crippen LogP contribution in [0.15, 0.2) is 67.4 Å². The average molecular weight is 571 g/mol. The maximum absolute atomic E-state index is 13.5. The molecule has 1 fully saturated rings. The first-order valence-corrected chi connectivity index (χ1v) is 14.8. The lowest BCUT2D eigenvalue weighted by Gasteiger charge is -2.31. The van der Waals surface area contributed by atoms with Crippen LogP contribution in [0.3, 0.4) is 0 Å². The minimum Gasteiger partial charge on any atom is -0.853 e. The number of piperidine rings is 1. The van der Waals surface area contributed by atoms with Crippen molar-refractivity contribution in [1.82, 2.24) is 23.9 Å². The number of rotatable bonds is 10. The Kier molecular flexibility index (Phi) is 9.27. The number of imidazole rings is 1. The molecular formula is C33H40N5O4-. The van der Waals surface area contributed by atoms with Crippen LogP contribution in [0.5, 0.6) is 0 Å². The fraction of sp³-hybridized carbons (Fsp3) is 0.424. The minimum absolute atomic E-state index is 0.153. The van der Waals surface area contributed by atoms with E-state index in [0.717, 1.165) is 47.0 Å². The molecule has 0 spiro atoms. The number of carbonyl (C=O) groups is 2. The van der Waals surface area contributed by atoms with Crippen molar-refractivity contribution in [2.75, 3.05) is 39.9 Å².